The first-order valence-corrected chi connectivity index (χ1v) is 6.81. The van der Waals surface area contributed by atoms with Gasteiger partial charge in [-0.2, -0.15) is 0 Å². The Labute approximate surface area is 124 Å². The first-order valence-electron chi connectivity index (χ1n) is 6.43. The van der Waals surface area contributed by atoms with Gasteiger partial charge in [-0.1, -0.05) is 35.4 Å². The molecule has 0 saturated heterocycles. The van der Waals surface area contributed by atoms with Crippen molar-refractivity contribution in [3.63, 3.8) is 0 Å². The van der Waals surface area contributed by atoms with Crippen LogP contribution in [0, 0.1) is 13.8 Å². The average Bonchev–Trinajstić information content (AvgIpc) is 2.44. The number of benzene rings is 2. The van der Waals surface area contributed by atoms with Crippen molar-refractivity contribution in [1.82, 2.24) is 5.43 Å². The van der Waals surface area contributed by atoms with E-state index < -0.39 is 0 Å². The van der Waals surface area contributed by atoms with Crippen molar-refractivity contribution in [3.05, 3.63) is 63.7 Å². The molecule has 3 nitrogen and oxygen atoms in total. The predicted molar refractivity (Wildman–Crippen MR) is 83.1 cm³/mol. The van der Waals surface area contributed by atoms with Gasteiger partial charge in [0.2, 0.25) is 0 Å². The van der Waals surface area contributed by atoms with Gasteiger partial charge >= 0.3 is 0 Å². The van der Waals surface area contributed by atoms with Crippen LogP contribution in [0.4, 0.5) is 0 Å². The largest absolute Gasteiger partial charge is 0.496 e. The summed E-state index contributed by atoms with van der Waals surface area (Å²) in [6.45, 7) is 4.08. The number of nitrogens with one attached hydrogen (secondary N) is 1. The van der Waals surface area contributed by atoms with E-state index in [1.165, 1.54) is 0 Å². The van der Waals surface area contributed by atoms with Crippen LogP contribution in [0.1, 0.15) is 28.3 Å². The second-order valence-electron chi connectivity index (χ2n) is 4.85. The molecule has 0 aromatic heterocycles. The number of hydrogen-bond acceptors (Lipinski definition) is 3. The van der Waals surface area contributed by atoms with E-state index in [0.29, 0.717) is 5.02 Å². The van der Waals surface area contributed by atoms with Crippen LogP contribution in [0.5, 0.6) is 5.75 Å². The number of aryl methyl sites for hydroxylation is 2. The van der Waals surface area contributed by atoms with E-state index in [0.717, 1.165) is 28.0 Å². The monoisotopic (exact) mass is 290 g/mol. The van der Waals surface area contributed by atoms with Gasteiger partial charge in [-0.25, -0.2) is 5.43 Å². The lowest BCUT2D eigenvalue weighted by Crippen LogP contribution is -2.29. The first-order chi connectivity index (χ1) is 9.56. The van der Waals surface area contributed by atoms with Gasteiger partial charge in [0, 0.05) is 10.6 Å². The molecular weight excluding hydrogens is 272 g/mol. The SMILES string of the molecule is COc1ccc(C)cc1C(NN)c1cc(Cl)ccc1C. The molecule has 0 aliphatic carbocycles. The number of hydrogen-bond donors (Lipinski definition) is 2. The van der Waals surface area contributed by atoms with E-state index in [1.807, 2.05) is 44.2 Å². The summed E-state index contributed by atoms with van der Waals surface area (Å²) in [5, 5.41) is 0.692. The minimum atomic E-state index is -0.163. The molecule has 1 unspecified atom stereocenters. The Balaban J connectivity index is 2.57. The molecular formula is C16H19ClN2O. The van der Waals surface area contributed by atoms with Gasteiger partial charge in [0.05, 0.1) is 13.2 Å². The van der Waals surface area contributed by atoms with Crippen molar-refractivity contribution in [3.8, 4) is 5.75 Å². The lowest BCUT2D eigenvalue weighted by molar-refractivity contribution is 0.404. The third kappa shape index (κ3) is 2.96. The summed E-state index contributed by atoms with van der Waals surface area (Å²) in [5.74, 6) is 6.58. The first kappa shape index (κ1) is 14.9. The summed E-state index contributed by atoms with van der Waals surface area (Å²) in [6, 6.07) is 11.7. The highest BCUT2D eigenvalue weighted by atomic mass is 35.5. The van der Waals surface area contributed by atoms with E-state index >= 15 is 0 Å². The Morgan fingerprint density at radius 1 is 1.10 bits per heavy atom. The van der Waals surface area contributed by atoms with E-state index in [1.54, 1.807) is 7.11 Å². The van der Waals surface area contributed by atoms with Crippen LogP contribution >= 0.6 is 11.6 Å². The number of nitrogens with two attached hydrogens (primary N) is 1. The fourth-order valence-corrected chi connectivity index (χ4v) is 2.53. The van der Waals surface area contributed by atoms with Gasteiger partial charge in [0.1, 0.15) is 5.75 Å². The molecule has 0 amide bonds. The highest BCUT2D eigenvalue weighted by Crippen LogP contribution is 2.33. The minimum absolute atomic E-state index is 0.163. The third-order valence-corrected chi connectivity index (χ3v) is 3.65. The molecule has 0 fully saturated rings. The Morgan fingerprint density at radius 3 is 2.50 bits per heavy atom. The minimum Gasteiger partial charge on any atom is -0.496 e. The van der Waals surface area contributed by atoms with E-state index in [2.05, 4.69) is 11.5 Å². The predicted octanol–water partition coefficient (Wildman–Crippen LogP) is 3.52. The highest BCUT2D eigenvalue weighted by molar-refractivity contribution is 6.30. The quantitative estimate of drug-likeness (QED) is 0.669. The zero-order chi connectivity index (χ0) is 14.7. The summed E-state index contributed by atoms with van der Waals surface area (Å²) >= 11 is 6.11. The molecule has 20 heavy (non-hydrogen) atoms. The lowest BCUT2D eigenvalue weighted by Gasteiger charge is -2.22. The number of rotatable bonds is 4. The molecule has 0 aliphatic heterocycles. The zero-order valence-corrected chi connectivity index (χ0v) is 12.7. The summed E-state index contributed by atoms with van der Waals surface area (Å²) < 4.78 is 5.45. The Kier molecular flexibility index (Phi) is 4.65. The average molecular weight is 291 g/mol. The zero-order valence-electron chi connectivity index (χ0n) is 11.9. The number of methoxy groups -OCH3 is 1. The summed E-state index contributed by atoms with van der Waals surface area (Å²) in [6.07, 6.45) is 0. The maximum atomic E-state index is 6.11. The number of ether oxygens (including phenoxy) is 1. The molecule has 0 radical (unpaired) electrons. The maximum absolute atomic E-state index is 6.11. The molecule has 1 atom stereocenters. The molecule has 0 heterocycles. The fourth-order valence-electron chi connectivity index (χ4n) is 2.35. The van der Waals surface area contributed by atoms with Crippen molar-refractivity contribution in [2.75, 3.05) is 7.11 Å². The fraction of sp³-hybridized carbons (Fsp3) is 0.250. The molecule has 4 heteroatoms. The van der Waals surface area contributed by atoms with Crippen LogP contribution in [0.3, 0.4) is 0 Å². The third-order valence-electron chi connectivity index (χ3n) is 3.42. The van der Waals surface area contributed by atoms with E-state index in [-0.39, 0.29) is 6.04 Å². The molecule has 2 aromatic carbocycles. The van der Waals surface area contributed by atoms with Crippen molar-refractivity contribution in [2.24, 2.45) is 5.84 Å². The van der Waals surface area contributed by atoms with Crippen LogP contribution < -0.4 is 16.0 Å². The van der Waals surface area contributed by atoms with Gasteiger partial charge < -0.3 is 4.74 Å². The number of halogens is 1. The second kappa shape index (κ2) is 6.27. The summed E-state index contributed by atoms with van der Waals surface area (Å²) in [4.78, 5) is 0. The van der Waals surface area contributed by atoms with Gasteiger partial charge in [-0.05, 0) is 43.2 Å². The Hall–Kier alpha value is -1.55. The van der Waals surface area contributed by atoms with Gasteiger partial charge in [-0.3, -0.25) is 5.84 Å². The van der Waals surface area contributed by atoms with E-state index in [9.17, 15) is 0 Å². The molecule has 0 bridgehead atoms. The molecule has 2 aromatic rings. The standard InChI is InChI=1S/C16H19ClN2O/c1-10-4-7-15(20-3)14(8-10)16(19-18)13-9-12(17)6-5-11(13)2/h4-9,16,19H,18H2,1-3H3. The molecule has 2 rings (SSSR count). The molecule has 0 saturated carbocycles. The molecule has 3 N–H and O–H groups in total. The van der Waals surface area contributed by atoms with Crippen LogP contribution in [0.25, 0.3) is 0 Å². The topological polar surface area (TPSA) is 47.3 Å². The van der Waals surface area contributed by atoms with E-state index in [4.69, 9.17) is 22.2 Å². The normalized spacial score (nSPS) is 12.2. The smallest absolute Gasteiger partial charge is 0.124 e. The van der Waals surface area contributed by atoms with Crippen LogP contribution in [-0.4, -0.2) is 7.11 Å². The van der Waals surface area contributed by atoms with Crippen molar-refractivity contribution >= 4 is 11.6 Å². The van der Waals surface area contributed by atoms with Gasteiger partial charge in [0.25, 0.3) is 0 Å². The lowest BCUT2D eigenvalue weighted by atomic mass is 9.94. The second-order valence-corrected chi connectivity index (χ2v) is 5.28. The highest BCUT2D eigenvalue weighted by Gasteiger charge is 2.19. The van der Waals surface area contributed by atoms with Crippen LogP contribution in [0.2, 0.25) is 5.02 Å². The summed E-state index contributed by atoms with van der Waals surface area (Å²) in [5.41, 5.74) is 7.19. The Bertz CT molecular complexity index is 613. The molecule has 106 valence electrons. The summed E-state index contributed by atoms with van der Waals surface area (Å²) in [7, 11) is 1.66. The van der Waals surface area contributed by atoms with Crippen molar-refractivity contribution in [1.29, 1.82) is 0 Å². The maximum Gasteiger partial charge on any atom is 0.124 e. The Morgan fingerprint density at radius 2 is 1.85 bits per heavy atom. The number of hydrazine groups is 1. The van der Waals surface area contributed by atoms with Crippen molar-refractivity contribution in [2.45, 2.75) is 19.9 Å². The molecule has 0 aliphatic rings. The van der Waals surface area contributed by atoms with Crippen LogP contribution in [-0.2, 0) is 0 Å². The van der Waals surface area contributed by atoms with Gasteiger partial charge in [0.15, 0.2) is 0 Å². The molecule has 0 spiro atoms. The van der Waals surface area contributed by atoms with Crippen molar-refractivity contribution < 1.29 is 4.74 Å². The van der Waals surface area contributed by atoms with Crippen LogP contribution in [0.15, 0.2) is 36.4 Å². The van der Waals surface area contributed by atoms with Gasteiger partial charge in [-0.15, -0.1) is 0 Å².